The molecule has 0 spiro atoms. The number of allylic oxidation sites excluding steroid dienone is 3. The van der Waals surface area contributed by atoms with Crippen molar-refractivity contribution >= 4 is 98.5 Å². The summed E-state index contributed by atoms with van der Waals surface area (Å²) in [5.74, 6) is -4.95. The van der Waals surface area contributed by atoms with Crippen LogP contribution in [-0.2, 0) is 67.5 Å². The number of carbonyl (C=O) groups excluding carboxylic acids is 9. The van der Waals surface area contributed by atoms with E-state index < -0.39 is 101 Å². The van der Waals surface area contributed by atoms with Gasteiger partial charge in [0.15, 0.2) is 0 Å². The summed E-state index contributed by atoms with van der Waals surface area (Å²) in [6.07, 6.45) is 9.26. The number of halogens is 2. The molecule has 21 nitrogen and oxygen atoms in total. The number of thioether (sulfide) groups is 2. The molecule has 4 aliphatic rings. The Kier molecular flexibility index (Phi) is 21.9. The van der Waals surface area contributed by atoms with Gasteiger partial charge in [-0.1, -0.05) is 37.3 Å². The normalized spacial score (nSPS) is 26.7. The highest BCUT2D eigenvalue weighted by Gasteiger charge is 2.42. The molecule has 2 bridgehead atoms. The van der Waals surface area contributed by atoms with Crippen LogP contribution < -0.4 is 37.2 Å². The zero-order chi connectivity index (χ0) is 63.5. The summed E-state index contributed by atoms with van der Waals surface area (Å²) in [4.78, 5) is 137. The highest BCUT2D eigenvalue weighted by atomic mass is 32.2. The number of hydrogen-bond donors (Lipinski definition) is 10. The maximum atomic E-state index is 15.2. The van der Waals surface area contributed by atoms with Crippen molar-refractivity contribution in [1.29, 1.82) is 0 Å². The summed E-state index contributed by atoms with van der Waals surface area (Å²) in [7, 11) is 0. The van der Waals surface area contributed by atoms with Gasteiger partial charge in [-0.3, -0.25) is 43.2 Å². The zero-order valence-electron chi connectivity index (χ0n) is 50.1. The van der Waals surface area contributed by atoms with Gasteiger partial charge in [0, 0.05) is 96.1 Å². The SMILES string of the molecule is CC1C=C(O)C=CC1C[C@@H]1NC(=O)[C@H](C)NC(=O)[C@@H]2CCCN2C(=O)[C@H](Cc2c[nH]c3ccc(F)cc23)NC(=O)[C@H](Cc2c[nH]c3ccc(F)cc23)NC(=O)[C@@H](C)NC(=O)[C@@H](C)NC(=O)CCSCc2cccc(c2)CSCCNC(=O)[C@@H]2CCCN2C1=O. The molecule has 10 atom stereocenters. The molecule has 9 amide bonds. The third-order valence-electron chi connectivity index (χ3n) is 16.8. The first-order valence-corrected chi connectivity index (χ1v) is 32.5. The van der Waals surface area contributed by atoms with E-state index in [0.29, 0.717) is 81.8 Å². The molecule has 3 aromatic carbocycles. The minimum Gasteiger partial charge on any atom is -0.508 e. The predicted octanol–water partition coefficient (Wildman–Crippen LogP) is 5.00. The second-order valence-electron chi connectivity index (χ2n) is 23.4. The van der Waals surface area contributed by atoms with E-state index in [9.17, 15) is 52.2 Å². The topological polar surface area (TPSA) is 296 Å². The van der Waals surface area contributed by atoms with E-state index in [-0.39, 0.29) is 74.6 Å². The van der Waals surface area contributed by atoms with Crippen LogP contribution in [0.5, 0.6) is 0 Å². The Hall–Kier alpha value is -8.19. The summed E-state index contributed by atoms with van der Waals surface area (Å²) in [6, 6.07) is 6.49. The Labute approximate surface area is 522 Å². The fraction of sp³-hybridized carbons (Fsp3) is 0.453. The molecule has 89 heavy (non-hydrogen) atoms. The number of rotatable bonds is 6. The molecule has 5 aromatic rings. The van der Waals surface area contributed by atoms with Gasteiger partial charge in [-0.05, 0) is 136 Å². The van der Waals surface area contributed by atoms with Crippen LogP contribution in [0.15, 0.2) is 97.0 Å². The number of aromatic amines is 2. The quantitative estimate of drug-likeness (QED) is 0.107. The van der Waals surface area contributed by atoms with Gasteiger partial charge in [0.2, 0.25) is 53.2 Å². The second kappa shape index (κ2) is 29.9. The molecule has 474 valence electrons. The Morgan fingerprint density at radius 3 is 1.70 bits per heavy atom. The standard InChI is InChI=1S/C64H77F2N11O10S2/c1-35-24-46(78)15-12-41(35)26-52-63(86)76-20-6-10-54(76)61(84)67-19-23-89-34-40-9-5-8-39(25-40)33-88-22-18-56(79)70-36(2)57(80)71-37(3)58(81)73-51(27-42-31-68-49-16-13-44(65)29-47(42)49)60(83)75-53(28-43-32-69-50-17-14-45(66)30-48(43)50)64(87)77-21-7-11-55(77)62(85)72-38(4)59(82)74-52/h5,8-9,12-17,24-25,29-32,35-38,41,51-55,68-69,78H,6-7,10-11,18-23,26-28,33-34H2,1-4H3,(H,67,84)(H,70,79)(H,71,80)(H,72,85)(H,73,81)(H,74,82)(H,75,83)/t35?,36-,37-,38+,41?,51+,52+,53+,54+,55+/m1/s1. The van der Waals surface area contributed by atoms with E-state index in [2.05, 4.69) is 53.3 Å². The number of nitrogens with one attached hydrogen (secondary N) is 9. The van der Waals surface area contributed by atoms with Crippen LogP contribution in [0.1, 0.15) is 88.5 Å². The number of H-pyrrole nitrogens is 2. The Morgan fingerprint density at radius 2 is 1.09 bits per heavy atom. The van der Waals surface area contributed by atoms with Crippen LogP contribution in [-0.4, -0.2) is 158 Å². The van der Waals surface area contributed by atoms with Crippen LogP contribution in [0.4, 0.5) is 8.78 Å². The van der Waals surface area contributed by atoms with Crippen molar-refractivity contribution < 1.29 is 57.0 Å². The number of hydrogen-bond acceptors (Lipinski definition) is 12. The number of aromatic nitrogens is 2. The lowest BCUT2D eigenvalue weighted by Crippen LogP contribution is -2.60. The second-order valence-corrected chi connectivity index (χ2v) is 25.6. The van der Waals surface area contributed by atoms with E-state index in [1.54, 1.807) is 48.1 Å². The number of nitrogens with zero attached hydrogens (tertiary/aromatic N) is 2. The summed E-state index contributed by atoms with van der Waals surface area (Å²) in [5, 5.41) is 30.5. The van der Waals surface area contributed by atoms with Gasteiger partial charge < -0.3 is 62.1 Å². The van der Waals surface area contributed by atoms with E-state index >= 15 is 4.79 Å². The molecular formula is C64H77F2N11O10S2. The van der Waals surface area contributed by atoms with Crippen LogP contribution in [0.25, 0.3) is 21.8 Å². The maximum absolute atomic E-state index is 15.2. The first-order chi connectivity index (χ1) is 42.7. The van der Waals surface area contributed by atoms with Gasteiger partial charge >= 0.3 is 0 Å². The fourth-order valence-electron chi connectivity index (χ4n) is 11.9. The minimum absolute atomic E-state index is 0.0495. The molecule has 0 radical (unpaired) electrons. The van der Waals surface area contributed by atoms with E-state index in [1.807, 2.05) is 25.1 Å². The summed E-state index contributed by atoms with van der Waals surface area (Å²) in [5.41, 5.74) is 4.03. The van der Waals surface area contributed by atoms with Gasteiger partial charge in [0.05, 0.1) is 0 Å². The van der Waals surface area contributed by atoms with Crippen molar-refractivity contribution in [2.24, 2.45) is 11.8 Å². The number of aliphatic hydroxyl groups excluding tert-OH is 1. The molecule has 2 aromatic heterocycles. The van der Waals surface area contributed by atoms with Crippen molar-refractivity contribution in [2.45, 2.75) is 139 Å². The minimum atomic E-state index is -1.49. The van der Waals surface area contributed by atoms with Crippen LogP contribution in [0, 0.1) is 23.5 Å². The number of amides is 9. The maximum Gasteiger partial charge on any atom is 0.246 e. The van der Waals surface area contributed by atoms with Crippen LogP contribution in [0.2, 0.25) is 0 Å². The van der Waals surface area contributed by atoms with Gasteiger partial charge in [-0.25, -0.2) is 8.78 Å². The van der Waals surface area contributed by atoms with Crippen LogP contribution >= 0.6 is 23.5 Å². The third kappa shape index (κ3) is 16.8. The Balaban J connectivity index is 0.989. The number of carbonyl (C=O) groups is 9. The number of benzene rings is 3. The van der Waals surface area contributed by atoms with Gasteiger partial charge in [0.1, 0.15) is 65.7 Å². The lowest BCUT2D eigenvalue weighted by atomic mass is 9.84. The van der Waals surface area contributed by atoms with Crippen molar-refractivity contribution in [1.82, 2.24) is 57.0 Å². The van der Waals surface area contributed by atoms with Crippen molar-refractivity contribution in [3.8, 4) is 0 Å². The van der Waals surface area contributed by atoms with Crippen molar-refractivity contribution in [3.05, 3.63) is 131 Å². The first kappa shape index (κ1) is 65.3. The van der Waals surface area contributed by atoms with Crippen LogP contribution in [0.3, 0.4) is 0 Å². The van der Waals surface area contributed by atoms with E-state index in [1.165, 1.54) is 73.0 Å². The number of fused-ring (bicyclic) bond motifs is 6. The molecule has 10 N–H and O–H groups in total. The average molecular weight is 1260 g/mol. The van der Waals surface area contributed by atoms with E-state index in [4.69, 9.17) is 0 Å². The van der Waals surface area contributed by atoms with Gasteiger partial charge in [0.25, 0.3) is 0 Å². The molecule has 3 aliphatic heterocycles. The predicted molar refractivity (Wildman–Crippen MR) is 336 cm³/mol. The molecule has 5 heterocycles. The van der Waals surface area contributed by atoms with Gasteiger partial charge in [-0.15, -0.1) is 0 Å². The fourth-order valence-corrected chi connectivity index (χ4v) is 13.6. The zero-order valence-corrected chi connectivity index (χ0v) is 51.8. The largest absolute Gasteiger partial charge is 0.508 e. The average Bonchev–Trinajstić information content (AvgIpc) is 3.38. The van der Waals surface area contributed by atoms with Gasteiger partial charge in [-0.2, -0.15) is 23.5 Å². The van der Waals surface area contributed by atoms with Crippen molar-refractivity contribution in [3.63, 3.8) is 0 Å². The lowest BCUT2D eigenvalue weighted by molar-refractivity contribution is -0.143. The van der Waals surface area contributed by atoms with E-state index in [0.717, 1.165) is 11.1 Å². The first-order valence-electron chi connectivity index (χ1n) is 30.2. The molecule has 2 fully saturated rings. The molecule has 1 aliphatic carbocycles. The highest BCUT2D eigenvalue weighted by Crippen LogP contribution is 2.30. The molecule has 25 heteroatoms. The molecule has 2 saturated heterocycles. The Morgan fingerprint density at radius 1 is 0.573 bits per heavy atom. The highest BCUT2D eigenvalue weighted by molar-refractivity contribution is 7.98. The molecule has 0 saturated carbocycles. The smallest absolute Gasteiger partial charge is 0.246 e. The summed E-state index contributed by atoms with van der Waals surface area (Å²) < 4.78 is 29.6. The summed E-state index contributed by atoms with van der Waals surface area (Å²) >= 11 is 3.18. The third-order valence-corrected chi connectivity index (χ3v) is 18.9. The molecule has 9 rings (SSSR count). The summed E-state index contributed by atoms with van der Waals surface area (Å²) in [6.45, 7) is 6.85. The monoisotopic (exact) mass is 1260 g/mol. The molecular weight excluding hydrogens is 1180 g/mol. The lowest BCUT2D eigenvalue weighted by Gasteiger charge is -2.32. The van der Waals surface area contributed by atoms with Crippen molar-refractivity contribution in [2.75, 3.05) is 31.1 Å². The Bertz CT molecular complexity index is 3540. The molecule has 2 unspecified atom stereocenters. The number of aliphatic hydroxyl groups is 1.